The van der Waals surface area contributed by atoms with Crippen molar-refractivity contribution in [2.45, 2.75) is 13.0 Å². The maximum atomic E-state index is 6.32. The van der Waals surface area contributed by atoms with Gasteiger partial charge in [-0.15, -0.1) is 0 Å². The predicted molar refractivity (Wildman–Crippen MR) is 79.5 cm³/mol. The Morgan fingerprint density at radius 2 is 1.86 bits per heavy atom. The van der Waals surface area contributed by atoms with Crippen LogP contribution < -0.4 is 15.2 Å². The van der Waals surface area contributed by atoms with Crippen molar-refractivity contribution in [3.05, 3.63) is 59.4 Å². The van der Waals surface area contributed by atoms with Crippen LogP contribution in [0.25, 0.3) is 11.0 Å². The standard InChI is InChI=1S/C17H15NO3/c1-10-2-4-13-12(6-10)8-16(21-13)17(18)11-3-5-14-15(7-11)20-9-19-14/h2-8,17H,9,18H2,1H3. The molecule has 1 atom stereocenters. The number of ether oxygens (including phenoxy) is 2. The number of hydrogen-bond acceptors (Lipinski definition) is 4. The van der Waals surface area contributed by atoms with Crippen molar-refractivity contribution in [1.29, 1.82) is 0 Å². The van der Waals surface area contributed by atoms with Crippen molar-refractivity contribution >= 4 is 11.0 Å². The first-order chi connectivity index (χ1) is 10.2. The molecule has 4 rings (SSSR count). The molecule has 0 saturated carbocycles. The first kappa shape index (κ1) is 12.3. The van der Waals surface area contributed by atoms with E-state index in [4.69, 9.17) is 19.6 Å². The molecule has 4 nitrogen and oxygen atoms in total. The summed E-state index contributed by atoms with van der Waals surface area (Å²) in [6.07, 6.45) is 0. The summed E-state index contributed by atoms with van der Waals surface area (Å²) in [5.74, 6) is 2.23. The van der Waals surface area contributed by atoms with Crippen LogP contribution in [-0.4, -0.2) is 6.79 Å². The Kier molecular flexibility index (Phi) is 2.65. The van der Waals surface area contributed by atoms with Gasteiger partial charge in [0.25, 0.3) is 0 Å². The van der Waals surface area contributed by atoms with Gasteiger partial charge in [0.15, 0.2) is 11.5 Å². The molecule has 0 saturated heterocycles. The highest BCUT2D eigenvalue weighted by atomic mass is 16.7. The highest BCUT2D eigenvalue weighted by Gasteiger charge is 2.19. The Hall–Kier alpha value is -2.46. The van der Waals surface area contributed by atoms with E-state index in [0.717, 1.165) is 33.8 Å². The summed E-state index contributed by atoms with van der Waals surface area (Å²) < 4.78 is 16.6. The van der Waals surface area contributed by atoms with E-state index in [1.165, 1.54) is 5.56 Å². The zero-order chi connectivity index (χ0) is 14.4. The number of nitrogens with two attached hydrogens (primary N) is 1. The molecule has 0 spiro atoms. The second-order valence-electron chi connectivity index (χ2n) is 5.28. The average molecular weight is 281 g/mol. The van der Waals surface area contributed by atoms with Gasteiger partial charge < -0.3 is 19.6 Å². The third kappa shape index (κ3) is 2.04. The van der Waals surface area contributed by atoms with E-state index in [0.29, 0.717) is 0 Å². The smallest absolute Gasteiger partial charge is 0.231 e. The molecule has 4 heteroatoms. The molecular weight excluding hydrogens is 266 g/mol. The Bertz CT molecular complexity index is 822. The van der Waals surface area contributed by atoms with Crippen LogP contribution in [0.3, 0.4) is 0 Å². The largest absolute Gasteiger partial charge is 0.459 e. The lowest BCUT2D eigenvalue weighted by atomic mass is 10.0. The van der Waals surface area contributed by atoms with Crippen LogP contribution >= 0.6 is 0 Å². The van der Waals surface area contributed by atoms with Gasteiger partial charge in [0.2, 0.25) is 6.79 Å². The SMILES string of the molecule is Cc1ccc2oc(C(N)c3ccc4c(c3)OCO4)cc2c1. The lowest BCUT2D eigenvalue weighted by Crippen LogP contribution is -2.10. The number of benzene rings is 2. The van der Waals surface area contributed by atoms with Gasteiger partial charge >= 0.3 is 0 Å². The van der Waals surface area contributed by atoms with Gasteiger partial charge in [-0.25, -0.2) is 0 Å². The fourth-order valence-electron chi connectivity index (χ4n) is 2.61. The van der Waals surface area contributed by atoms with Crippen LogP contribution in [0.2, 0.25) is 0 Å². The van der Waals surface area contributed by atoms with Crippen molar-refractivity contribution in [2.75, 3.05) is 6.79 Å². The Labute approximate surface area is 122 Å². The number of furan rings is 1. The van der Waals surface area contributed by atoms with Gasteiger partial charge in [0.1, 0.15) is 11.3 Å². The van der Waals surface area contributed by atoms with E-state index in [-0.39, 0.29) is 12.8 Å². The monoisotopic (exact) mass is 281 g/mol. The van der Waals surface area contributed by atoms with Crippen molar-refractivity contribution < 1.29 is 13.9 Å². The van der Waals surface area contributed by atoms with Gasteiger partial charge in [-0.05, 0) is 42.8 Å². The van der Waals surface area contributed by atoms with Crippen LogP contribution in [0.5, 0.6) is 11.5 Å². The van der Waals surface area contributed by atoms with Crippen molar-refractivity contribution in [3.8, 4) is 11.5 Å². The minimum atomic E-state index is -0.327. The summed E-state index contributed by atoms with van der Waals surface area (Å²) in [6, 6.07) is 13.5. The lowest BCUT2D eigenvalue weighted by molar-refractivity contribution is 0.174. The molecule has 0 amide bonds. The molecule has 3 aromatic rings. The molecular formula is C17H15NO3. The maximum absolute atomic E-state index is 6.32. The van der Waals surface area contributed by atoms with Crippen LogP contribution in [0.1, 0.15) is 22.9 Å². The number of hydrogen-bond donors (Lipinski definition) is 1. The fraction of sp³-hybridized carbons (Fsp3) is 0.176. The van der Waals surface area contributed by atoms with Gasteiger partial charge in [0, 0.05) is 5.39 Å². The molecule has 0 bridgehead atoms. The van der Waals surface area contributed by atoms with Gasteiger partial charge in [-0.3, -0.25) is 0 Å². The second-order valence-corrected chi connectivity index (χ2v) is 5.28. The topological polar surface area (TPSA) is 57.6 Å². The van der Waals surface area contributed by atoms with Crippen LogP contribution in [0, 0.1) is 6.92 Å². The highest BCUT2D eigenvalue weighted by molar-refractivity contribution is 5.79. The minimum absolute atomic E-state index is 0.262. The maximum Gasteiger partial charge on any atom is 0.231 e. The second kappa shape index (κ2) is 4.53. The van der Waals surface area contributed by atoms with Crippen molar-refractivity contribution in [3.63, 3.8) is 0 Å². The molecule has 2 N–H and O–H groups in total. The molecule has 1 aromatic heterocycles. The number of fused-ring (bicyclic) bond motifs is 2. The van der Waals surface area contributed by atoms with E-state index in [1.54, 1.807) is 0 Å². The van der Waals surface area contributed by atoms with Gasteiger partial charge in [-0.2, -0.15) is 0 Å². The average Bonchev–Trinajstić information content (AvgIpc) is 3.11. The van der Waals surface area contributed by atoms with E-state index in [1.807, 2.05) is 36.4 Å². The summed E-state index contributed by atoms with van der Waals surface area (Å²) in [7, 11) is 0. The van der Waals surface area contributed by atoms with Crippen LogP contribution in [-0.2, 0) is 0 Å². The Morgan fingerprint density at radius 1 is 1.00 bits per heavy atom. The van der Waals surface area contributed by atoms with Crippen LogP contribution in [0.15, 0.2) is 46.9 Å². The zero-order valence-corrected chi connectivity index (χ0v) is 11.6. The summed E-state index contributed by atoms with van der Waals surface area (Å²) >= 11 is 0. The third-order valence-electron chi connectivity index (χ3n) is 3.75. The predicted octanol–water partition coefficient (Wildman–Crippen LogP) is 3.52. The molecule has 21 heavy (non-hydrogen) atoms. The molecule has 0 radical (unpaired) electrons. The lowest BCUT2D eigenvalue weighted by Gasteiger charge is -2.09. The first-order valence-corrected chi connectivity index (χ1v) is 6.86. The molecule has 0 fully saturated rings. The summed E-state index contributed by atoms with van der Waals surface area (Å²) in [5.41, 5.74) is 9.32. The minimum Gasteiger partial charge on any atom is -0.459 e. The van der Waals surface area contributed by atoms with Gasteiger partial charge in [-0.1, -0.05) is 17.7 Å². The zero-order valence-electron chi connectivity index (χ0n) is 11.6. The fourth-order valence-corrected chi connectivity index (χ4v) is 2.61. The molecule has 2 heterocycles. The summed E-state index contributed by atoms with van der Waals surface area (Å²) in [4.78, 5) is 0. The molecule has 2 aromatic carbocycles. The van der Waals surface area contributed by atoms with Crippen molar-refractivity contribution in [2.24, 2.45) is 5.73 Å². The number of rotatable bonds is 2. The normalized spacial score (nSPS) is 14.6. The number of aryl methyl sites for hydroxylation is 1. The van der Waals surface area contributed by atoms with E-state index < -0.39 is 0 Å². The summed E-state index contributed by atoms with van der Waals surface area (Å²) in [5, 5.41) is 1.07. The highest BCUT2D eigenvalue weighted by Crippen LogP contribution is 2.36. The molecule has 1 unspecified atom stereocenters. The van der Waals surface area contributed by atoms with Crippen LogP contribution in [0.4, 0.5) is 0 Å². The Balaban J connectivity index is 1.73. The summed E-state index contributed by atoms with van der Waals surface area (Å²) in [6.45, 7) is 2.32. The molecule has 106 valence electrons. The third-order valence-corrected chi connectivity index (χ3v) is 3.75. The Morgan fingerprint density at radius 3 is 2.76 bits per heavy atom. The first-order valence-electron chi connectivity index (χ1n) is 6.86. The molecule has 1 aliphatic rings. The quantitative estimate of drug-likeness (QED) is 0.780. The van der Waals surface area contributed by atoms with Gasteiger partial charge in [0.05, 0.1) is 6.04 Å². The van der Waals surface area contributed by atoms with E-state index in [2.05, 4.69) is 13.0 Å². The molecule has 0 aliphatic carbocycles. The van der Waals surface area contributed by atoms with E-state index in [9.17, 15) is 0 Å². The molecule has 1 aliphatic heterocycles. The van der Waals surface area contributed by atoms with Crippen molar-refractivity contribution in [1.82, 2.24) is 0 Å². The van der Waals surface area contributed by atoms with E-state index >= 15 is 0 Å².